The summed E-state index contributed by atoms with van der Waals surface area (Å²) in [6.07, 6.45) is 1.95. The highest BCUT2D eigenvalue weighted by atomic mass is 32.2. The molecule has 1 aromatic carbocycles. The Hall–Kier alpha value is -2.87. The number of furan rings is 1. The summed E-state index contributed by atoms with van der Waals surface area (Å²) >= 11 is 1.49. The number of anilines is 1. The molecule has 1 amide bonds. The van der Waals surface area contributed by atoms with E-state index in [-0.39, 0.29) is 11.7 Å². The Bertz CT molecular complexity index is 962. The van der Waals surface area contributed by atoms with Crippen LogP contribution in [0.1, 0.15) is 37.6 Å². The number of amides is 1. The minimum atomic E-state index is -0.0887. The smallest absolute Gasteiger partial charge is 0.225 e. The molecule has 7 nitrogen and oxygen atoms in total. The van der Waals surface area contributed by atoms with Crippen molar-refractivity contribution in [3.05, 3.63) is 48.2 Å². The third kappa shape index (κ3) is 5.57. The summed E-state index contributed by atoms with van der Waals surface area (Å²) in [5, 5.41) is 12.2. The van der Waals surface area contributed by atoms with E-state index in [0.29, 0.717) is 40.9 Å². The number of nitrogens with zero attached hydrogens (tertiary/aromatic N) is 3. The van der Waals surface area contributed by atoms with E-state index < -0.39 is 0 Å². The molecule has 0 atom stereocenters. The predicted molar refractivity (Wildman–Crippen MR) is 113 cm³/mol. The van der Waals surface area contributed by atoms with Crippen LogP contribution in [0, 0.1) is 5.92 Å². The summed E-state index contributed by atoms with van der Waals surface area (Å²) in [5.74, 6) is 2.28. The number of benzene rings is 1. The highest BCUT2D eigenvalue weighted by Crippen LogP contribution is 2.26. The Kier molecular flexibility index (Phi) is 6.87. The first-order valence-corrected chi connectivity index (χ1v) is 10.4. The molecule has 29 heavy (non-hydrogen) atoms. The van der Waals surface area contributed by atoms with Crippen LogP contribution in [0.3, 0.4) is 0 Å². The largest absolute Gasteiger partial charge is 0.461 e. The number of ketones is 1. The molecule has 0 spiro atoms. The van der Waals surface area contributed by atoms with Crippen molar-refractivity contribution >= 4 is 29.1 Å². The lowest BCUT2D eigenvalue weighted by Gasteiger charge is -2.11. The van der Waals surface area contributed by atoms with E-state index in [0.717, 1.165) is 11.7 Å². The maximum absolute atomic E-state index is 12.2. The molecule has 0 aliphatic heterocycles. The molecule has 0 saturated heterocycles. The normalized spacial score (nSPS) is 11.0. The lowest BCUT2D eigenvalue weighted by atomic mass is 10.1. The van der Waals surface area contributed by atoms with Gasteiger partial charge in [-0.15, -0.1) is 10.2 Å². The highest BCUT2D eigenvalue weighted by molar-refractivity contribution is 7.99. The van der Waals surface area contributed by atoms with E-state index in [9.17, 15) is 9.59 Å². The second-order valence-corrected chi connectivity index (χ2v) is 8.13. The van der Waals surface area contributed by atoms with Crippen LogP contribution in [-0.2, 0) is 11.3 Å². The van der Waals surface area contributed by atoms with Gasteiger partial charge in [0, 0.05) is 30.0 Å². The van der Waals surface area contributed by atoms with Gasteiger partial charge in [0.05, 0.1) is 6.26 Å². The van der Waals surface area contributed by atoms with Crippen molar-refractivity contribution < 1.29 is 14.0 Å². The number of nitrogens with one attached hydrogen (secondary N) is 1. The third-order valence-corrected chi connectivity index (χ3v) is 5.11. The zero-order chi connectivity index (χ0) is 20.8. The van der Waals surface area contributed by atoms with E-state index >= 15 is 0 Å². The van der Waals surface area contributed by atoms with Gasteiger partial charge in [0.1, 0.15) is 0 Å². The molecule has 3 rings (SSSR count). The minimum absolute atomic E-state index is 0.00120. The number of aromatic nitrogens is 3. The zero-order valence-corrected chi connectivity index (χ0v) is 17.5. The fourth-order valence-electron chi connectivity index (χ4n) is 2.76. The van der Waals surface area contributed by atoms with Gasteiger partial charge in [-0.25, -0.2) is 0 Å². The van der Waals surface area contributed by atoms with E-state index in [2.05, 4.69) is 29.4 Å². The Morgan fingerprint density at radius 1 is 1.17 bits per heavy atom. The predicted octanol–water partition coefficient (Wildman–Crippen LogP) is 4.52. The van der Waals surface area contributed by atoms with Gasteiger partial charge in [0.25, 0.3) is 0 Å². The molecule has 2 heterocycles. The Labute approximate surface area is 173 Å². The average molecular weight is 413 g/mol. The molecule has 0 unspecified atom stereocenters. The monoisotopic (exact) mass is 412 g/mol. The van der Waals surface area contributed by atoms with Gasteiger partial charge < -0.3 is 9.73 Å². The lowest BCUT2D eigenvalue weighted by Crippen LogP contribution is -2.13. The second kappa shape index (κ2) is 9.56. The van der Waals surface area contributed by atoms with Crippen molar-refractivity contribution in [2.75, 3.05) is 11.1 Å². The summed E-state index contributed by atoms with van der Waals surface area (Å²) in [6, 6.07) is 10.6. The summed E-state index contributed by atoms with van der Waals surface area (Å²) in [6.45, 7) is 6.54. The Morgan fingerprint density at radius 3 is 2.55 bits per heavy atom. The van der Waals surface area contributed by atoms with Gasteiger partial charge in [-0.1, -0.05) is 25.6 Å². The first kappa shape index (κ1) is 20.9. The summed E-state index contributed by atoms with van der Waals surface area (Å²) in [4.78, 5) is 23.5. The first-order chi connectivity index (χ1) is 13.9. The van der Waals surface area contributed by atoms with E-state index in [4.69, 9.17) is 4.42 Å². The van der Waals surface area contributed by atoms with Gasteiger partial charge in [-0.05, 0) is 49.2 Å². The molecule has 1 N–H and O–H groups in total. The summed E-state index contributed by atoms with van der Waals surface area (Å²) in [5.41, 5.74) is 1.29. The number of hydrogen-bond acceptors (Lipinski definition) is 6. The molecule has 0 aliphatic carbocycles. The van der Waals surface area contributed by atoms with Crippen LogP contribution in [0.4, 0.5) is 5.69 Å². The average Bonchev–Trinajstić information content (AvgIpc) is 3.32. The van der Waals surface area contributed by atoms with Crippen LogP contribution in [0.25, 0.3) is 11.6 Å². The maximum atomic E-state index is 12.2. The number of Topliss-reactive ketones (excluding diaryl/α,β-unsaturated/α-hetero) is 1. The minimum Gasteiger partial charge on any atom is -0.461 e. The molecule has 0 aliphatic rings. The van der Waals surface area contributed by atoms with E-state index in [1.165, 1.54) is 18.7 Å². The van der Waals surface area contributed by atoms with Crippen molar-refractivity contribution in [2.24, 2.45) is 5.92 Å². The fourth-order valence-corrected chi connectivity index (χ4v) is 3.65. The molecule has 0 radical (unpaired) electrons. The van der Waals surface area contributed by atoms with Gasteiger partial charge >= 0.3 is 0 Å². The Balaban J connectivity index is 1.58. The van der Waals surface area contributed by atoms with Gasteiger partial charge in [-0.3, -0.25) is 14.2 Å². The molecule has 3 aromatic rings. The number of carbonyl (C=O) groups excluding carboxylic acids is 2. The van der Waals surface area contributed by atoms with Crippen LogP contribution in [0.15, 0.2) is 52.2 Å². The summed E-state index contributed by atoms with van der Waals surface area (Å²) < 4.78 is 7.50. The SMILES string of the molecule is CC(=O)c1ccc(NC(=O)CCSc2nnc(-c3ccco3)n2CC(C)C)cc1. The van der Waals surface area contributed by atoms with Crippen molar-refractivity contribution in [3.8, 4) is 11.6 Å². The van der Waals surface area contributed by atoms with Crippen molar-refractivity contribution in [1.82, 2.24) is 14.8 Å². The first-order valence-electron chi connectivity index (χ1n) is 9.44. The van der Waals surface area contributed by atoms with Crippen molar-refractivity contribution in [1.29, 1.82) is 0 Å². The lowest BCUT2D eigenvalue weighted by molar-refractivity contribution is -0.115. The zero-order valence-electron chi connectivity index (χ0n) is 16.7. The Morgan fingerprint density at radius 2 is 1.93 bits per heavy atom. The molecule has 152 valence electrons. The van der Waals surface area contributed by atoms with Crippen LogP contribution >= 0.6 is 11.8 Å². The van der Waals surface area contributed by atoms with Gasteiger partial charge in [0.15, 0.2) is 22.5 Å². The van der Waals surface area contributed by atoms with Crippen LogP contribution in [0.2, 0.25) is 0 Å². The van der Waals surface area contributed by atoms with Crippen LogP contribution < -0.4 is 5.32 Å². The number of carbonyl (C=O) groups is 2. The highest BCUT2D eigenvalue weighted by Gasteiger charge is 2.17. The van der Waals surface area contributed by atoms with Gasteiger partial charge in [-0.2, -0.15) is 0 Å². The van der Waals surface area contributed by atoms with Gasteiger partial charge in [0.2, 0.25) is 5.91 Å². The molecular weight excluding hydrogens is 388 g/mol. The van der Waals surface area contributed by atoms with Crippen molar-refractivity contribution in [2.45, 2.75) is 38.9 Å². The van der Waals surface area contributed by atoms with E-state index in [1.54, 1.807) is 30.5 Å². The van der Waals surface area contributed by atoms with E-state index in [1.807, 2.05) is 16.7 Å². The van der Waals surface area contributed by atoms with Crippen molar-refractivity contribution in [3.63, 3.8) is 0 Å². The molecule has 0 bridgehead atoms. The third-order valence-electron chi connectivity index (χ3n) is 4.14. The molecule has 0 fully saturated rings. The number of rotatable bonds is 9. The molecular formula is C21H24N4O3S. The number of thioether (sulfide) groups is 1. The standard InChI is InChI=1S/C21H24N4O3S/c1-14(2)13-25-20(18-5-4-11-28-18)23-24-21(25)29-12-10-19(27)22-17-8-6-16(7-9-17)15(3)26/h4-9,11,14H,10,12-13H2,1-3H3,(H,22,27). The topological polar surface area (TPSA) is 90.0 Å². The molecule has 8 heteroatoms. The fraction of sp³-hybridized carbons (Fsp3) is 0.333. The van der Waals surface area contributed by atoms with Crippen LogP contribution in [-0.4, -0.2) is 32.2 Å². The maximum Gasteiger partial charge on any atom is 0.225 e. The molecule has 0 saturated carbocycles. The quantitative estimate of drug-likeness (QED) is 0.411. The summed E-state index contributed by atoms with van der Waals surface area (Å²) in [7, 11) is 0. The second-order valence-electron chi connectivity index (χ2n) is 7.07. The number of hydrogen-bond donors (Lipinski definition) is 1. The molecule has 2 aromatic heterocycles. The van der Waals surface area contributed by atoms with Crippen LogP contribution in [0.5, 0.6) is 0 Å².